The lowest BCUT2D eigenvalue weighted by molar-refractivity contribution is 0.475. The van der Waals surface area contributed by atoms with Gasteiger partial charge in [0.25, 0.3) is 5.56 Å². The topological polar surface area (TPSA) is 81.7 Å². The van der Waals surface area contributed by atoms with Crippen molar-refractivity contribution in [2.45, 2.75) is 51.7 Å². The van der Waals surface area contributed by atoms with Crippen LogP contribution in [0.25, 0.3) is 16.7 Å². The number of nitrogens with one attached hydrogen (secondary N) is 2. The highest BCUT2D eigenvalue weighted by Crippen LogP contribution is 2.35. The molecule has 0 spiro atoms. The van der Waals surface area contributed by atoms with Gasteiger partial charge in [0.1, 0.15) is 11.2 Å². The standard InChI is InChI=1S/C24H26FN7O/c1-14(2)31-23(33)20-12-27-24(28-16-9-15-5-7-26-11-19(15)21(25)10-16)29-22(20)32(31)18-6-8-30(13-18)17-3-4-17/h6,8-10,12-14,17,26H,3-5,7,11H2,1-2H3,(H,27,28,29). The van der Waals surface area contributed by atoms with Gasteiger partial charge < -0.3 is 15.2 Å². The van der Waals surface area contributed by atoms with Gasteiger partial charge in [-0.2, -0.15) is 4.98 Å². The molecule has 1 saturated carbocycles. The Balaban J connectivity index is 1.45. The fourth-order valence-corrected chi connectivity index (χ4v) is 4.65. The molecule has 170 valence electrons. The number of anilines is 2. The molecule has 2 N–H and O–H groups in total. The summed E-state index contributed by atoms with van der Waals surface area (Å²) in [6.07, 6.45) is 8.81. The molecule has 33 heavy (non-hydrogen) atoms. The van der Waals surface area contributed by atoms with Crippen LogP contribution in [0.3, 0.4) is 0 Å². The first kappa shape index (κ1) is 20.2. The zero-order chi connectivity index (χ0) is 22.7. The van der Waals surface area contributed by atoms with E-state index in [9.17, 15) is 9.18 Å². The van der Waals surface area contributed by atoms with E-state index in [0.29, 0.717) is 40.8 Å². The zero-order valence-corrected chi connectivity index (χ0v) is 18.7. The number of fused-ring (bicyclic) bond motifs is 2. The van der Waals surface area contributed by atoms with E-state index in [4.69, 9.17) is 4.98 Å². The van der Waals surface area contributed by atoms with Crippen molar-refractivity contribution in [2.75, 3.05) is 11.9 Å². The third-order valence-corrected chi connectivity index (χ3v) is 6.44. The van der Waals surface area contributed by atoms with Crippen molar-refractivity contribution in [3.63, 3.8) is 0 Å². The Labute approximate surface area is 190 Å². The fraction of sp³-hybridized carbons (Fsp3) is 0.375. The van der Waals surface area contributed by atoms with E-state index in [0.717, 1.165) is 24.2 Å². The van der Waals surface area contributed by atoms with Gasteiger partial charge in [0, 0.05) is 48.5 Å². The van der Waals surface area contributed by atoms with Gasteiger partial charge >= 0.3 is 0 Å². The molecule has 0 radical (unpaired) electrons. The Bertz CT molecular complexity index is 1430. The number of rotatable bonds is 5. The molecule has 4 aromatic rings. The number of halogens is 1. The maximum absolute atomic E-state index is 14.6. The quantitative estimate of drug-likeness (QED) is 0.486. The highest BCUT2D eigenvalue weighted by atomic mass is 19.1. The first-order valence-electron chi connectivity index (χ1n) is 11.5. The second-order valence-electron chi connectivity index (χ2n) is 9.18. The van der Waals surface area contributed by atoms with Gasteiger partial charge in [0.2, 0.25) is 5.95 Å². The minimum absolute atomic E-state index is 0.0595. The average molecular weight is 448 g/mol. The van der Waals surface area contributed by atoms with Crippen molar-refractivity contribution < 1.29 is 4.39 Å². The molecule has 3 aromatic heterocycles. The van der Waals surface area contributed by atoms with Crippen molar-refractivity contribution in [1.29, 1.82) is 0 Å². The maximum atomic E-state index is 14.6. The minimum atomic E-state index is -0.243. The molecule has 2 aliphatic rings. The molecule has 1 aliphatic carbocycles. The van der Waals surface area contributed by atoms with Crippen LogP contribution in [-0.2, 0) is 13.0 Å². The lowest BCUT2D eigenvalue weighted by Gasteiger charge is -2.19. The SMILES string of the molecule is CC(C)n1c(=O)c2cnc(Nc3cc(F)c4c(c3)CCNC4)nc2n1-c1ccn(C2CC2)c1. The van der Waals surface area contributed by atoms with Crippen LogP contribution in [0.5, 0.6) is 0 Å². The molecule has 0 atom stereocenters. The van der Waals surface area contributed by atoms with E-state index in [1.165, 1.54) is 18.9 Å². The molecule has 4 heterocycles. The van der Waals surface area contributed by atoms with Gasteiger partial charge in [-0.25, -0.2) is 18.7 Å². The predicted octanol–water partition coefficient (Wildman–Crippen LogP) is 3.83. The molecule has 0 amide bonds. The molecule has 1 aromatic carbocycles. The second kappa shape index (κ2) is 7.55. The van der Waals surface area contributed by atoms with Crippen molar-refractivity contribution in [1.82, 2.24) is 29.2 Å². The molecule has 8 nitrogen and oxygen atoms in total. The molecular weight excluding hydrogens is 421 g/mol. The molecule has 6 rings (SSSR count). The van der Waals surface area contributed by atoms with Crippen molar-refractivity contribution in [2.24, 2.45) is 0 Å². The van der Waals surface area contributed by atoms with Crippen LogP contribution < -0.4 is 16.2 Å². The van der Waals surface area contributed by atoms with Crippen LogP contribution >= 0.6 is 0 Å². The van der Waals surface area contributed by atoms with E-state index < -0.39 is 0 Å². The summed E-state index contributed by atoms with van der Waals surface area (Å²) in [6.45, 7) is 5.32. The van der Waals surface area contributed by atoms with Gasteiger partial charge in [-0.3, -0.25) is 4.79 Å². The van der Waals surface area contributed by atoms with Crippen LogP contribution in [0.4, 0.5) is 16.0 Å². The average Bonchev–Trinajstić information content (AvgIpc) is 3.46. The Hall–Kier alpha value is -3.46. The zero-order valence-electron chi connectivity index (χ0n) is 18.7. The second-order valence-corrected chi connectivity index (χ2v) is 9.18. The molecule has 9 heteroatoms. The molecule has 0 bridgehead atoms. The molecule has 1 fully saturated rings. The summed E-state index contributed by atoms with van der Waals surface area (Å²) >= 11 is 0. The third kappa shape index (κ3) is 3.43. The van der Waals surface area contributed by atoms with Gasteiger partial charge in [-0.1, -0.05) is 0 Å². The lowest BCUT2D eigenvalue weighted by Crippen LogP contribution is -2.24. The highest BCUT2D eigenvalue weighted by molar-refractivity contribution is 5.77. The lowest BCUT2D eigenvalue weighted by atomic mass is 10.00. The summed E-state index contributed by atoms with van der Waals surface area (Å²) in [4.78, 5) is 22.2. The first-order chi connectivity index (χ1) is 16.0. The molecule has 1 aliphatic heterocycles. The normalized spacial score (nSPS) is 15.9. The van der Waals surface area contributed by atoms with Crippen LogP contribution in [-0.4, -0.2) is 30.4 Å². The monoisotopic (exact) mass is 447 g/mol. The number of hydrogen-bond donors (Lipinski definition) is 2. The Morgan fingerprint density at radius 3 is 2.91 bits per heavy atom. The van der Waals surface area contributed by atoms with Gasteiger partial charge in [0.15, 0.2) is 5.65 Å². The maximum Gasteiger partial charge on any atom is 0.278 e. The van der Waals surface area contributed by atoms with Crippen LogP contribution in [0.1, 0.15) is 49.9 Å². The van der Waals surface area contributed by atoms with E-state index >= 15 is 0 Å². The van der Waals surface area contributed by atoms with Crippen LogP contribution in [0.15, 0.2) is 41.6 Å². The summed E-state index contributed by atoms with van der Waals surface area (Å²) < 4.78 is 20.4. The van der Waals surface area contributed by atoms with Gasteiger partial charge in [-0.05, 0) is 63.4 Å². The van der Waals surface area contributed by atoms with E-state index in [-0.39, 0.29) is 17.4 Å². The first-order valence-corrected chi connectivity index (χ1v) is 11.5. The number of hydrogen-bond acceptors (Lipinski definition) is 5. The summed E-state index contributed by atoms with van der Waals surface area (Å²) in [6, 6.07) is 5.92. The Morgan fingerprint density at radius 2 is 2.12 bits per heavy atom. The van der Waals surface area contributed by atoms with Crippen LogP contribution in [0.2, 0.25) is 0 Å². The van der Waals surface area contributed by atoms with Crippen molar-refractivity contribution in [3.8, 4) is 5.69 Å². The van der Waals surface area contributed by atoms with E-state index in [2.05, 4.69) is 32.6 Å². The largest absolute Gasteiger partial charge is 0.349 e. The summed E-state index contributed by atoms with van der Waals surface area (Å²) in [5.74, 6) is 0.0830. The smallest absolute Gasteiger partial charge is 0.278 e. The van der Waals surface area contributed by atoms with Gasteiger partial charge in [-0.15, -0.1) is 0 Å². The van der Waals surface area contributed by atoms with Crippen molar-refractivity contribution in [3.05, 3.63) is 64.1 Å². The Kier molecular flexibility index (Phi) is 4.62. The van der Waals surface area contributed by atoms with E-state index in [1.807, 2.05) is 30.7 Å². The van der Waals surface area contributed by atoms with Crippen molar-refractivity contribution >= 4 is 22.7 Å². The molecule has 0 saturated heterocycles. The van der Waals surface area contributed by atoms with Crippen LogP contribution in [0, 0.1) is 5.82 Å². The summed E-state index contributed by atoms with van der Waals surface area (Å²) in [7, 11) is 0. The minimum Gasteiger partial charge on any atom is -0.349 e. The number of nitrogens with zero attached hydrogens (tertiary/aromatic N) is 5. The molecular formula is C24H26FN7O. The molecule has 0 unspecified atom stereocenters. The number of aromatic nitrogens is 5. The Morgan fingerprint density at radius 1 is 1.27 bits per heavy atom. The highest BCUT2D eigenvalue weighted by Gasteiger charge is 2.25. The summed E-state index contributed by atoms with van der Waals surface area (Å²) in [5.41, 5.74) is 3.59. The third-order valence-electron chi connectivity index (χ3n) is 6.44. The predicted molar refractivity (Wildman–Crippen MR) is 125 cm³/mol. The van der Waals surface area contributed by atoms with E-state index in [1.54, 1.807) is 10.9 Å². The fourth-order valence-electron chi connectivity index (χ4n) is 4.65. The number of benzene rings is 1. The summed E-state index contributed by atoms with van der Waals surface area (Å²) in [5, 5.41) is 6.80. The van der Waals surface area contributed by atoms with Gasteiger partial charge in [0.05, 0.1) is 5.69 Å².